The minimum atomic E-state index is -0.0759. The van der Waals surface area contributed by atoms with Gasteiger partial charge in [-0.25, -0.2) is 0 Å². The van der Waals surface area contributed by atoms with Crippen LogP contribution in [0.3, 0.4) is 0 Å². The van der Waals surface area contributed by atoms with E-state index in [1.165, 1.54) is 6.42 Å². The Hall–Kier alpha value is -1.35. The number of hydrogen-bond donors (Lipinski definition) is 2. The molecule has 0 radical (unpaired) electrons. The SMILES string of the molecule is CC(C(=O)NCC1CNCCC1C)c1ccccc1. The summed E-state index contributed by atoms with van der Waals surface area (Å²) < 4.78 is 0. The lowest BCUT2D eigenvalue weighted by atomic mass is 9.88. The molecule has 1 aromatic carbocycles. The zero-order valence-electron chi connectivity index (χ0n) is 11.9. The van der Waals surface area contributed by atoms with Crippen LogP contribution in [-0.2, 0) is 4.79 Å². The Balaban J connectivity index is 1.84. The van der Waals surface area contributed by atoms with Crippen LogP contribution >= 0.6 is 0 Å². The predicted octanol–water partition coefficient (Wildman–Crippen LogP) is 2.15. The van der Waals surface area contributed by atoms with Crippen molar-refractivity contribution in [2.24, 2.45) is 11.8 Å². The fraction of sp³-hybridized carbons (Fsp3) is 0.562. The third-order valence-corrected chi connectivity index (χ3v) is 4.22. The summed E-state index contributed by atoms with van der Waals surface area (Å²) in [4.78, 5) is 12.2. The first kappa shape index (κ1) is 14.1. The molecule has 0 spiro atoms. The summed E-state index contributed by atoms with van der Waals surface area (Å²) in [6, 6.07) is 9.95. The van der Waals surface area contributed by atoms with E-state index >= 15 is 0 Å². The maximum Gasteiger partial charge on any atom is 0.227 e. The van der Waals surface area contributed by atoms with Gasteiger partial charge in [-0.3, -0.25) is 4.79 Å². The zero-order valence-corrected chi connectivity index (χ0v) is 11.9. The Morgan fingerprint density at radius 2 is 2.16 bits per heavy atom. The molecular weight excluding hydrogens is 236 g/mol. The van der Waals surface area contributed by atoms with Crippen molar-refractivity contribution in [3.05, 3.63) is 35.9 Å². The molecule has 1 heterocycles. The number of nitrogens with one attached hydrogen (secondary N) is 2. The van der Waals surface area contributed by atoms with Gasteiger partial charge in [0.25, 0.3) is 0 Å². The molecule has 2 N–H and O–H groups in total. The van der Waals surface area contributed by atoms with Crippen molar-refractivity contribution in [1.82, 2.24) is 10.6 Å². The van der Waals surface area contributed by atoms with Gasteiger partial charge in [-0.1, -0.05) is 37.3 Å². The number of hydrogen-bond acceptors (Lipinski definition) is 2. The lowest BCUT2D eigenvalue weighted by molar-refractivity contribution is -0.122. The fourth-order valence-electron chi connectivity index (χ4n) is 2.61. The van der Waals surface area contributed by atoms with E-state index in [9.17, 15) is 4.79 Å². The number of piperidine rings is 1. The summed E-state index contributed by atoms with van der Waals surface area (Å²) in [5, 5.41) is 6.50. The quantitative estimate of drug-likeness (QED) is 0.871. The highest BCUT2D eigenvalue weighted by molar-refractivity contribution is 5.83. The molecule has 0 aliphatic carbocycles. The van der Waals surface area contributed by atoms with Crippen LogP contribution in [0.4, 0.5) is 0 Å². The third-order valence-electron chi connectivity index (χ3n) is 4.22. The first-order valence-corrected chi connectivity index (χ1v) is 7.22. The molecule has 3 unspecified atom stereocenters. The summed E-state index contributed by atoms with van der Waals surface area (Å²) >= 11 is 0. The smallest absolute Gasteiger partial charge is 0.227 e. The molecule has 104 valence electrons. The second-order valence-corrected chi connectivity index (χ2v) is 5.61. The van der Waals surface area contributed by atoms with Gasteiger partial charge in [0.1, 0.15) is 0 Å². The number of carbonyl (C=O) groups excluding carboxylic acids is 1. The topological polar surface area (TPSA) is 41.1 Å². The molecule has 1 aliphatic heterocycles. The first-order valence-electron chi connectivity index (χ1n) is 7.22. The van der Waals surface area contributed by atoms with E-state index in [4.69, 9.17) is 0 Å². The summed E-state index contributed by atoms with van der Waals surface area (Å²) in [7, 11) is 0. The van der Waals surface area contributed by atoms with Gasteiger partial charge in [-0.15, -0.1) is 0 Å². The van der Waals surface area contributed by atoms with Crippen molar-refractivity contribution in [2.45, 2.75) is 26.2 Å². The van der Waals surface area contributed by atoms with Crippen LogP contribution in [-0.4, -0.2) is 25.5 Å². The summed E-state index contributed by atoms with van der Waals surface area (Å²) in [5.74, 6) is 1.30. The van der Waals surface area contributed by atoms with Gasteiger partial charge in [0.05, 0.1) is 5.92 Å². The molecule has 19 heavy (non-hydrogen) atoms. The van der Waals surface area contributed by atoms with Crippen molar-refractivity contribution < 1.29 is 4.79 Å². The predicted molar refractivity (Wildman–Crippen MR) is 78.0 cm³/mol. The lowest BCUT2D eigenvalue weighted by Gasteiger charge is -2.30. The maximum atomic E-state index is 12.2. The second kappa shape index (κ2) is 6.71. The van der Waals surface area contributed by atoms with Gasteiger partial charge < -0.3 is 10.6 Å². The molecule has 1 aliphatic rings. The van der Waals surface area contributed by atoms with Crippen LogP contribution in [0.1, 0.15) is 31.7 Å². The maximum absolute atomic E-state index is 12.2. The van der Waals surface area contributed by atoms with Crippen LogP contribution in [0.25, 0.3) is 0 Å². The van der Waals surface area contributed by atoms with Crippen LogP contribution in [0.5, 0.6) is 0 Å². The van der Waals surface area contributed by atoms with Crippen molar-refractivity contribution in [2.75, 3.05) is 19.6 Å². The largest absolute Gasteiger partial charge is 0.355 e. The minimum absolute atomic E-state index is 0.0759. The van der Waals surface area contributed by atoms with Gasteiger partial charge in [0.15, 0.2) is 0 Å². The molecule has 3 nitrogen and oxygen atoms in total. The number of amides is 1. The van der Waals surface area contributed by atoms with Crippen molar-refractivity contribution in [3.8, 4) is 0 Å². The summed E-state index contributed by atoms with van der Waals surface area (Å²) in [6.07, 6.45) is 1.20. The number of carbonyl (C=O) groups is 1. The van der Waals surface area contributed by atoms with Crippen molar-refractivity contribution in [3.63, 3.8) is 0 Å². The average molecular weight is 260 g/mol. The van der Waals surface area contributed by atoms with Gasteiger partial charge in [-0.2, -0.15) is 0 Å². The van der Waals surface area contributed by atoms with E-state index in [0.29, 0.717) is 11.8 Å². The molecule has 1 fully saturated rings. The summed E-state index contributed by atoms with van der Waals surface area (Å²) in [5.41, 5.74) is 1.08. The zero-order chi connectivity index (χ0) is 13.7. The highest BCUT2D eigenvalue weighted by atomic mass is 16.1. The minimum Gasteiger partial charge on any atom is -0.355 e. The fourth-order valence-corrected chi connectivity index (χ4v) is 2.61. The molecule has 0 aromatic heterocycles. The standard InChI is InChI=1S/C16H24N2O/c1-12-8-9-17-10-15(12)11-18-16(19)13(2)14-6-4-3-5-7-14/h3-7,12-13,15,17H,8-11H2,1-2H3,(H,18,19). The van der Waals surface area contributed by atoms with Crippen LogP contribution in [0.15, 0.2) is 30.3 Å². The second-order valence-electron chi connectivity index (χ2n) is 5.61. The third kappa shape index (κ3) is 3.80. The molecule has 1 aromatic rings. The molecule has 1 amide bonds. The van der Waals surface area contributed by atoms with Gasteiger partial charge >= 0.3 is 0 Å². The van der Waals surface area contributed by atoms with E-state index in [1.807, 2.05) is 37.3 Å². The number of benzene rings is 1. The average Bonchev–Trinajstić information content (AvgIpc) is 2.46. The summed E-state index contributed by atoms with van der Waals surface area (Å²) in [6.45, 7) is 7.14. The highest BCUT2D eigenvalue weighted by Gasteiger charge is 2.22. The Morgan fingerprint density at radius 1 is 1.42 bits per heavy atom. The highest BCUT2D eigenvalue weighted by Crippen LogP contribution is 2.18. The molecule has 1 saturated heterocycles. The Kier molecular flexibility index (Phi) is 4.97. The van der Waals surface area contributed by atoms with E-state index in [1.54, 1.807) is 0 Å². The normalized spacial score (nSPS) is 24.7. The number of rotatable bonds is 4. The first-order chi connectivity index (χ1) is 9.18. The molecule has 3 atom stereocenters. The van der Waals surface area contributed by atoms with Gasteiger partial charge in [-0.05, 0) is 43.8 Å². The van der Waals surface area contributed by atoms with E-state index in [0.717, 1.165) is 25.2 Å². The van der Waals surface area contributed by atoms with Crippen LogP contribution in [0.2, 0.25) is 0 Å². The Bertz CT molecular complexity index is 404. The van der Waals surface area contributed by atoms with E-state index in [2.05, 4.69) is 17.6 Å². The van der Waals surface area contributed by atoms with Crippen molar-refractivity contribution in [1.29, 1.82) is 0 Å². The molecule has 2 rings (SSSR count). The lowest BCUT2D eigenvalue weighted by Crippen LogP contribution is -2.43. The monoisotopic (exact) mass is 260 g/mol. The Labute approximate surface area is 115 Å². The van der Waals surface area contributed by atoms with E-state index < -0.39 is 0 Å². The molecular formula is C16H24N2O. The molecule has 0 bridgehead atoms. The molecule has 0 saturated carbocycles. The van der Waals surface area contributed by atoms with E-state index in [-0.39, 0.29) is 11.8 Å². The Morgan fingerprint density at radius 3 is 2.84 bits per heavy atom. The molecule has 3 heteroatoms. The van der Waals surface area contributed by atoms with Gasteiger partial charge in [0, 0.05) is 6.54 Å². The van der Waals surface area contributed by atoms with Crippen LogP contribution < -0.4 is 10.6 Å². The van der Waals surface area contributed by atoms with Crippen molar-refractivity contribution >= 4 is 5.91 Å². The van der Waals surface area contributed by atoms with Crippen LogP contribution in [0, 0.1) is 11.8 Å². The van der Waals surface area contributed by atoms with Gasteiger partial charge in [0.2, 0.25) is 5.91 Å².